The Hall–Kier alpha value is -4.01. The SMILES string of the molecule is COCOc1cc(-c2ncc3c(C4CC5CCC4CN5C(=O)OC(C)(C)C)nn(C)c3c2F)c2c(C#C[Si](C(C)C)(C(C)C)C(C)C)c(F)ccc2c1. The Morgan fingerprint density at radius 3 is 2.36 bits per heavy atom. The maximum Gasteiger partial charge on any atom is 0.410 e. The molecule has 0 spiro atoms. The molecular formula is C42H54F2N4O4Si. The number of nitrogens with zero attached hydrogens (tertiary/aromatic N) is 4. The standard InChI is InChI=1S/C42H54F2N4O4Si/c1-24(2)53(25(3)4,26(5)6)17-16-31-35(43)15-13-27-18-30(51-23-50-11)20-33(36(27)31)39-37(44)40-34(21-45-39)38(46-47(40)10)32-19-29-14-12-28(32)22-48(29)41(49)52-42(7,8)9/h13,15,18,20-21,24-26,28-29,32H,12,14,19,22-23H2,1-11H3. The minimum atomic E-state index is -2.24. The lowest BCUT2D eigenvalue weighted by molar-refractivity contribution is -0.0183. The zero-order valence-corrected chi connectivity index (χ0v) is 34.1. The van der Waals surface area contributed by atoms with E-state index in [1.807, 2.05) is 25.7 Å². The summed E-state index contributed by atoms with van der Waals surface area (Å²) in [6.07, 6.45) is 3.97. The average Bonchev–Trinajstić information content (AvgIpc) is 3.43. The van der Waals surface area contributed by atoms with Crippen molar-refractivity contribution in [1.82, 2.24) is 19.7 Å². The largest absolute Gasteiger partial charge is 0.468 e. The van der Waals surface area contributed by atoms with E-state index in [4.69, 9.17) is 24.3 Å². The van der Waals surface area contributed by atoms with Crippen LogP contribution in [0.2, 0.25) is 16.6 Å². The van der Waals surface area contributed by atoms with Crippen molar-refractivity contribution in [3.63, 3.8) is 0 Å². The number of fused-ring (bicyclic) bond motifs is 5. The zero-order valence-electron chi connectivity index (χ0n) is 33.1. The minimum Gasteiger partial charge on any atom is -0.468 e. The van der Waals surface area contributed by atoms with Crippen molar-refractivity contribution in [2.24, 2.45) is 13.0 Å². The molecule has 4 heterocycles. The Morgan fingerprint density at radius 2 is 1.75 bits per heavy atom. The van der Waals surface area contributed by atoms with Gasteiger partial charge in [-0.2, -0.15) is 5.10 Å². The van der Waals surface area contributed by atoms with Crippen molar-refractivity contribution in [3.8, 4) is 28.5 Å². The third-order valence-corrected chi connectivity index (χ3v) is 17.9. The van der Waals surface area contributed by atoms with Crippen molar-refractivity contribution in [2.75, 3.05) is 20.4 Å². The van der Waals surface area contributed by atoms with Crippen molar-refractivity contribution in [2.45, 2.75) is 116 Å². The van der Waals surface area contributed by atoms with Gasteiger partial charge in [-0.1, -0.05) is 53.5 Å². The number of pyridine rings is 1. The third kappa shape index (κ3) is 7.05. The lowest BCUT2D eigenvalue weighted by Gasteiger charge is -2.49. The molecule has 0 N–H and O–H groups in total. The van der Waals surface area contributed by atoms with Crippen molar-refractivity contribution in [3.05, 3.63) is 53.4 Å². The van der Waals surface area contributed by atoms with E-state index >= 15 is 8.78 Å². The number of methoxy groups -OCH3 is 1. The van der Waals surface area contributed by atoms with Crippen LogP contribution in [0, 0.1) is 29.0 Å². The van der Waals surface area contributed by atoms with E-state index in [9.17, 15) is 4.79 Å². The van der Waals surface area contributed by atoms with Crippen LogP contribution < -0.4 is 4.74 Å². The molecule has 2 aromatic carbocycles. The number of benzene rings is 2. The van der Waals surface area contributed by atoms with Gasteiger partial charge in [-0.15, -0.1) is 5.54 Å². The molecule has 1 saturated carbocycles. The normalized spacial score (nSPS) is 19.1. The number of aromatic nitrogens is 3. The number of aryl methyl sites for hydroxylation is 1. The number of piperidine rings is 2. The molecule has 2 aromatic heterocycles. The number of hydrogen-bond acceptors (Lipinski definition) is 6. The lowest BCUT2D eigenvalue weighted by Crippen LogP contribution is -2.54. The molecule has 1 aliphatic carbocycles. The molecule has 284 valence electrons. The van der Waals surface area contributed by atoms with Crippen LogP contribution in [0.3, 0.4) is 0 Å². The molecule has 4 aromatic rings. The summed E-state index contributed by atoms with van der Waals surface area (Å²) in [5.74, 6) is 2.96. The molecule has 0 radical (unpaired) electrons. The summed E-state index contributed by atoms with van der Waals surface area (Å²) >= 11 is 0. The van der Waals surface area contributed by atoms with Crippen LogP contribution in [0.4, 0.5) is 13.6 Å². The number of rotatable bonds is 8. The van der Waals surface area contributed by atoms with Gasteiger partial charge in [-0.05, 0) is 86.2 Å². The van der Waals surface area contributed by atoms with Crippen LogP contribution in [0.1, 0.15) is 98.8 Å². The predicted molar refractivity (Wildman–Crippen MR) is 209 cm³/mol. The van der Waals surface area contributed by atoms with Gasteiger partial charge >= 0.3 is 6.09 Å². The summed E-state index contributed by atoms with van der Waals surface area (Å²) in [7, 11) is 1.03. The van der Waals surface area contributed by atoms with Gasteiger partial charge in [0.2, 0.25) is 0 Å². The van der Waals surface area contributed by atoms with Crippen LogP contribution in [-0.2, 0) is 16.5 Å². The molecule has 3 aliphatic rings. The maximum atomic E-state index is 17.2. The molecule has 3 atom stereocenters. The van der Waals surface area contributed by atoms with Crippen LogP contribution in [-0.4, -0.2) is 65.9 Å². The van der Waals surface area contributed by atoms with Crippen LogP contribution in [0.5, 0.6) is 5.75 Å². The highest BCUT2D eigenvalue weighted by Crippen LogP contribution is 2.47. The highest BCUT2D eigenvalue weighted by Gasteiger charge is 2.46. The third-order valence-electron chi connectivity index (χ3n) is 11.6. The van der Waals surface area contributed by atoms with Gasteiger partial charge in [0.25, 0.3) is 0 Å². The summed E-state index contributed by atoms with van der Waals surface area (Å²) in [4.78, 5) is 19.7. The monoisotopic (exact) mass is 744 g/mol. The lowest BCUT2D eigenvalue weighted by atomic mass is 9.70. The number of carbonyl (C=O) groups excluding carboxylic acids is 1. The number of ether oxygens (including phenoxy) is 3. The van der Waals surface area contributed by atoms with Crippen molar-refractivity contribution >= 4 is 35.8 Å². The summed E-state index contributed by atoms with van der Waals surface area (Å²) in [6, 6.07) is 6.62. The Kier molecular flexibility index (Phi) is 10.7. The Labute approximate surface area is 313 Å². The fourth-order valence-electron chi connectivity index (χ4n) is 9.24. The zero-order chi connectivity index (χ0) is 38.6. The van der Waals surface area contributed by atoms with Gasteiger partial charge in [-0.25, -0.2) is 13.6 Å². The van der Waals surface area contributed by atoms with Gasteiger partial charge in [0, 0.05) is 55.2 Å². The van der Waals surface area contributed by atoms with E-state index in [2.05, 4.69) is 53.0 Å². The molecule has 3 unspecified atom stereocenters. The van der Waals surface area contributed by atoms with E-state index in [1.54, 1.807) is 36.1 Å². The topological polar surface area (TPSA) is 78.7 Å². The van der Waals surface area contributed by atoms with Crippen molar-refractivity contribution < 1.29 is 27.8 Å². The second-order valence-corrected chi connectivity index (χ2v) is 22.4. The van der Waals surface area contributed by atoms with Crippen LogP contribution in [0.25, 0.3) is 32.9 Å². The van der Waals surface area contributed by atoms with E-state index < -0.39 is 25.3 Å². The number of hydrogen-bond donors (Lipinski definition) is 0. The molecule has 11 heteroatoms. The van der Waals surface area contributed by atoms with Crippen molar-refractivity contribution in [1.29, 1.82) is 0 Å². The van der Waals surface area contributed by atoms with Gasteiger partial charge in [0.1, 0.15) is 36.5 Å². The Morgan fingerprint density at radius 1 is 1.06 bits per heavy atom. The van der Waals surface area contributed by atoms with Gasteiger partial charge in [0.05, 0.1) is 11.3 Å². The highest BCUT2D eigenvalue weighted by atomic mass is 28.3. The quantitative estimate of drug-likeness (QED) is 0.102. The molecule has 53 heavy (non-hydrogen) atoms. The van der Waals surface area contributed by atoms with Crippen LogP contribution >= 0.6 is 0 Å². The van der Waals surface area contributed by atoms with E-state index in [-0.39, 0.29) is 42.0 Å². The molecule has 3 fully saturated rings. The van der Waals surface area contributed by atoms with E-state index in [1.165, 1.54) is 13.2 Å². The fourth-order valence-corrected chi connectivity index (χ4v) is 14.4. The fraction of sp³-hybridized carbons (Fsp3) is 0.548. The first-order valence-corrected chi connectivity index (χ1v) is 21.1. The molecule has 1 amide bonds. The first-order valence-electron chi connectivity index (χ1n) is 18.9. The smallest absolute Gasteiger partial charge is 0.410 e. The number of amides is 1. The Balaban J connectivity index is 1.49. The predicted octanol–water partition coefficient (Wildman–Crippen LogP) is 10.1. The Bertz CT molecular complexity index is 2070. The number of halogens is 2. The molecule has 2 aliphatic heterocycles. The second kappa shape index (κ2) is 14.7. The first kappa shape index (κ1) is 38.7. The summed E-state index contributed by atoms with van der Waals surface area (Å²) < 4.78 is 51.6. The molecule has 2 saturated heterocycles. The highest BCUT2D eigenvalue weighted by molar-refractivity contribution is 6.90. The van der Waals surface area contributed by atoms with Gasteiger partial charge in [0.15, 0.2) is 12.6 Å². The second-order valence-electron chi connectivity index (χ2n) is 16.8. The first-order chi connectivity index (χ1) is 25.0. The summed E-state index contributed by atoms with van der Waals surface area (Å²) in [5, 5.41) is 6.68. The minimum absolute atomic E-state index is 0.0149. The molecule has 8 nitrogen and oxygen atoms in total. The maximum absolute atomic E-state index is 17.2. The molecular weight excluding hydrogens is 691 g/mol. The summed E-state index contributed by atoms with van der Waals surface area (Å²) in [6.45, 7) is 19.5. The van der Waals surface area contributed by atoms with E-state index in [0.29, 0.717) is 56.2 Å². The number of carbonyl (C=O) groups is 1. The van der Waals surface area contributed by atoms with E-state index in [0.717, 1.165) is 25.0 Å². The van der Waals surface area contributed by atoms with Gasteiger partial charge < -0.3 is 19.1 Å². The molecule has 2 bridgehead atoms. The average molecular weight is 745 g/mol. The van der Waals surface area contributed by atoms with Crippen LogP contribution in [0.15, 0.2) is 30.5 Å². The summed E-state index contributed by atoms with van der Waals surface area (Å²) in [5.41, 5.74) is 5.93. The van der Waals surface area contributed by atoms with Gasteiger partial charge in [-0.3, -0.25) is 9.67 Å². The molecule has 7 rings (SSSR count).